The van der Waals surface area contributed by atoms with Crippen molar-refractivity contribution in [1.82, 2.24) is 19.9 Å². The van der Waals surface area contributed by atoms with Gasteiger partial charge in [0.2, 0.25) is 5.82 Å². The van der Waals surface area contributed by atoms with Crippen LogP contribution in [0.4, 0.5) is 8.78 Å². The molecule has 3 aromatic rings. The predicted octanol–water partition coefficient (Wildman–Crippen LogP) is 4.79. The molecule has 1 fully saturated rings. The Labute approximate surface area is 151 Å². The zero-order valence-electron chi connectivity index (χ0n) is 13.0. The summed E-state index contributed by atoms with van der Waals surface area (Å²) in [5, 5.41) is 7.88. The molecule has 2 heterocycles. The van der Waals surface area contributed by atoms with E-state index in [1.54, 1.807) is 17.9 Å². The first-order chi connectivity index (χ1) is 11.9. The summed E-state index contributed by atoms with van der Waals surface area (Å²) >= 11 is 11.6. The van der Waals surface area contributed by atoms with Crippen LogP contribution in [-0.2, 0) is 13.0 Å². The molecule has 1 saturated carbocycles. The molecule has 130 valence electrons. The third-order valence-electron chi connectivity index (χ3n) is 4.18. The standard InChI is InChI=1S/C16H12Cl2F2N4O/c1-24-13(10(7-21-24)8-2-3-8)14-22-15(23-25-14)16(19,20)9-4-5-11(17)12(18)6-9/h4-8H,2-3H2,1H3. The number of nitrogens with zero attached hydrogens (tertiary/aromatic N) is 4. The number of hydrogen-bond acceptors (Lipinski definition) is 4. The summed E-state index contributed by atoms with van der Waals surface area (Å²) in [5.74, 6) is -3.80. The van der Waals surface area contributed by atoms with Gasteiger partial charge >= 0.3 is 5.92 Å². The summed E-state index contributed by atoms with van der Waals surface area (Å²) in [6.45, 7) is 0. The Kier molecular flexibility index (Phi) is 3.81. The van der Waals surface area contributed by atoms with E-state index in [0.717, 1.165) is 24.5 Å². The summed E-state index contributed by atoms with van der Waals surface area (Å²) in [5.41, 5.74) is 1.16. The lowest BCUT2D eigenvalue weighted by molar-refractivity contribution is 0.0304. The van der Waals surface area contributed by atoms with E-state index in [1.165, 1.54) is 12.1 Å². The largest absolute Gasteiger partial charge is 0.335 e. The maximum Gasteiger partial charge on any atom is 0.335 e. The molecular weight excluding hydrogens is 373 g/mol. The number of halogens is 4. The molecule has 1 aromatic carbocycles. The van der Waals surface area contributed by atoms with E-state index >= 15 is 0 Å². The molecule has 0 saturated heterocycles. The molecule has 9 heteroatoms. The van der Waals surface area contributed by atoms with Crippen LogP contribution in [0, 0.1) is 0 Å². The summed E-state index contributed by atoms with van der Waals surface area (Å²) in [7, 11) is 1.71. The van der Waals surface area contributed by atoms with Gasteiger partial charge < -0.3 is 4.52 Å². The summed E-state index contributed by atoms with van der Waals surface area (Å²) < 4.78 is 36.1. The van der Waals surface area contributed by atoms with Gasteiger partial charge in [-0.3, -0.25) is 4.68 Å². The zero-order chi connectivity index (χ0) is 17.8. The topological polar surface area (TPSA) is 56.7 Å². The molecule has 0 amide bonds. The highest BCUT2D eigenvalue weighted by Crippen LogP contribution is 2.44. The lowest BCUT2D eigenvalue weighted by Gasteiger charge is -2.12. The Bertz CT molecular complexity index is 950. The monoisotopic (exact) mass is 384 g/mol. The Morgan fingerprint density at radius 3 is 2.68 bits per heavy atom. The Balaban J connectivity index is 1.73. The maximum atomic E-state index is 14.7. The second-order valence-electron chi connectivity index (χ2n) is 5.97. The zero-order valence-corrected chi connectivity index (χ0v) is 14.5. The van der Waals surface area contributed by atoms with Gasteiger partial charge in [-0.05, 0) is 30.9 Å². The number of aryl methyl sites for hydroxylation is 1. The van der Waals surface area contributed by atoms with Gasteiger partial charge in [0.25, 0.3) is 5.89 Å². The van der Waals surface area contributed by atoms with Crippen LogP contribution in [0.2, 0.25) is 10.0 Å². The molecule has 0 spiro atoms. The Hall–Kier alpha value is -1.99. The molecule has 25 heavy (non-hydrogen) atoms. The van der Waals surface area contributed by atoms with Crippen LogP contribution in [0.15, 0.2) is 28.9 Å². The quantitative estimate of drug-likeness (QED) is 0.648. The van der Waals surface area contributed by atoms with Gasteiger partial charge in [-0.2, -0.15) is 18.9 Å². The van der Waals surface area contributed by atoms with E-state index in [9.17, 15) is 8.78 Å². The third-order valence-corrected chi connectivity index (χ3v) is 4.91. The highest BCUT2D eigenvalue weighted by atomic mass is 35.5. The minimum absolute atomic E-state index is 0.0247. The SMILES string of the molecule is Cn1ncc(C2CC2)c1-c1nc(C(F)(F)c2ccc(Cl)c(Cl)c2)no1. The maximum absolute atomic E-state index is 14.7. The molecule has 1 aliphatic carbocycles. The summed E-state index contributed by atoms with van der Waals surface area (Å²) in [6, 6.07) is 3.59. The lowest BCUT2D eigenvalue weighted by atomic mass is 10.1. The van der Waals surface area contributed by atoms with Crippen molar-refractivity contribution in [2.75, 3.05) is 0 Å². The van der Waals surface area contributed by atoms with Gasteiger partial charge in [0.15, 0.2) is 0 Å². The number of hydrogen-bond donors (Lipinski definition) is 0. The van der Waals surface area contributed by atoms with E-state index in [4.69, 9.17) is 27.7 Å². The number of benzene rings is 1. The van der Waals surface area contributed by atoms with Crippen molar-refractivity contribution in [3.8, 4) is 11.6 Å². The highest BCUT2D eigenvalue weighted by molar-refractivity contribution is 6.42. The molecule has 4 rings (SSSR count). The van der Waals surface area contributed by atoms with Gasteiger partial charge in [-0.25, -0.2) is 0 Å². The Morgan fingerprint density at radius 1 is 1.24 bits per heavy atom. The second-order valence-corrected chi connectivity index (χ2v) is 6.79. The van der Waals surface area contributed by atoms with Crippen LogP contribution >= 0.6 is 23.2 Å². The summed E-state index contributed by atoms with van der Waals surface area (Å²) in [6.07, 6.45) is 3.80. The van der Waals surface area contributed by atoms with Crippen molar-refractivity contribution in [1.29, 1.82) is 0 Å². The van der Waals surface area contributed by atoms with Crippen LogP contribution in [-0.4, -0.2) is 19.9 Å². The number of alkyl halides is 2. The molecule has 0 aliphatic heterocycles. The number of aromatic nitrogens is 4. The van der Waals surface area contributed by atoms with Gasteiger partial charge in [0, 0.05) is 18.2 Å². The molecule has 0 bridgehead atoms. The molecule has 0 atom stereocenters. The first-order valence-electron chi connectivity index (χ1n) is 7.57. The first-order valence-corrected chi connectivity index (χ1v) is 8.33. The average molecular weight is 385 g/mol. The summed E-state index contributed by atoms with van der Waals surface area (Å²) in [4.78, 5) is 3.92. The molecular formula is C16H12Cl2F2N4O. The third kappa shape index (κ3) is 2.81. The van der Waals surface area contributed by atoms with Crippen LogP contribution in [0.25, 0.3) is 11.6 Å². The predicted molar refractivity (Wildman–Crippen MR) is 87.9 cm³/mol. The van der Waals surface area contributed by atoms with Gasteiger partial charge in [0.05, 0.1) is 16.2 Å². The first kappa shape index (κ1) is 16.5. The minimum Gasteiger partial charge on any atom is -0.332 e. The van der Waals surface area contributed by atoms with E-state index < -0.39 is 11.7 Å². The minimum atomic E-state index is -3.46. The smallest absolute Gasteiger partial charge is 0.332 e. The van der Waals surface area contributed by atoms with Crippen molar-refractivity contribution in [3.63, 3.8) is 0 Å². The van der Waals surface area contributed by atoms with Crippen molar-refractivity contribution >= 4 is 23.2 Å². The van der Waals surface area contributed by atoms with Crippen molar-refractivity contribution in [3.05, 3.63) is 51.4 Å². The fourth-order valence-electron chi connectivity index (χ4n) is 2.68. The van der Waals surface area contributed by atoms with E-state index in [0.29, 0.717) is 11.6 Å². The molecule has 0 radical (unpaired) electrons. The molecule has 5 nitrogen and oxygen atoms in total. The highest BCUT2D eigenvalue weighted by Gasteiger charge is 2.41. The van der Waals surface area contributed by atoms with E-state index in [2.05, 4.69) is 15.2 Å². The van der Waals surface area contributed by atoms with Crippen molar-refractivity contribution in [2.45, 2.75) is 24.7 Å². The lowest BCUT2D eigenvalue weighted by Crippen LogP contribution is -2.17. The van der Waals surface area contributed by atoms with Gasteiger partial charge in [0.1, 0.15) is 5.69 Å². The fourth-order valence-corrected chi connectivity index (χ4v) is 2.98. The normalized spacial score (nSPS) is 14.9. The Morgan fingerprint density at radius 2 is 2.00 bits per heavy atom. The van der Waals surface area contributed by atoms with E-state index in [1.807, 2.05) is 0 Å². The fraction of sp³-hybridized carbons (Fsp3) is 0.312. The van der Waals surface area contributed by atoms with Crippen molar-refractivity contribution < 1.29 is 13.3 Å². The average Bonchev–Trinajstić information content (AvgIpc) is 3.16. The van der Waals surface area contributed by atoms with Gasteiger partial charge in [-0.15, -0.1) is 0 Å². The van der Waals surface area contributed by atoms with E-state index in [-0.39, 0.29) is 21.5 Å². The molecule has 0 unspecified atom stereocenters. The second kappa shape index (κ2) is 5.78. The van der Waals surface area contributed by atoms with Crippen LogP contribution in [0.1, 0.15) is 35.7 Å². The molecule has 1 aliphatic rings. The number of rotatable bonds is 4. The molecule has 0 N–H and O–H groups in total. The van der Waals surface area contributed by atoms with Crippen LogP contribution < -0.4 is 0 Å². The molecule has 2 aromatic heterocycles. The van der Waals surface area contributed by atoms with Crippen LogP contribution in [0.3, 0.4) is 0 Å². The van der Waals surface area contributed by atoms with Crippen LogP contribution in [0.5, 0.6) is 0 Å². The van der Waals surface area contributed by atoms with Crippen molar-refractivity contribution in [2.24, 2.45) is 7.05 Å². The van der Waals surface area contributed by atoms with Gasteiger partial charge in [-0.1, -0.05) is 34.4 Å².